The molecule has 5 heteroatoms. The monoisotopic (exact) mass is 332 g/mol. The molecule has 0 radical (unpaired) electrons. The zero-order valence-corrected chi connectivity index (χ0v) is 14.8. The van der Waals surface area contributed by atoms with Gasteiger partial charge in [-0.2, -0.15) is 0 Å². The van der Waals surface area contributed by atoms with E-state index >= 15 is 0 Å². The number of carbonyl (C=O) groups is 1. The molecule has 0 bridgehead atoms. The van der Waals surface area contributed by atoms with Crippen molar-refractivity contribution in [1.82, 2.24) is 10.2 Å². The minimum atomic E-state index is -0.0301. The van der Waals surface area contributed by atoms with Gasteiger partial charge in [0, 0.05) is 17.5 Å². The molecule has 2 aromatic rings. The third kappa shape index (κ3) is 3.51. The van der Waals surface area contributed by atoms with Gasteiger partial charge in [-0.25, -0.2) is 0 Å². The van der Waals surface area contributed by atoms with E-state index in [4.69, 9.17) is 4.42 Å². The summed E-state index contributed by atoms with van der Waals surface area (Å²) in [5, 5.41) is 5.24. The van der Waals surface area contributed by atoms with E-state index in [1.807, 2.05) is 19.9 Å². The number of amides is 1. The van der Waals surface area contributed by atoms with Crippen molar-refractivity contribution in [3.63, 3.8) is 0 Å². The summed E-state index contributed by atoms with van der Waals surface area (Å²) in [7, 11) is 2.18. The quantitative estimate of drug-likeness (QED) is 0.927. The van der Waals surface area contributed by atoms with E-state index in [-0.39, 0.29) is 5.91 Å². The second-order valence-electron chi connectivity index (χ2n) is 6.38. The Balaban J connectivity index is 1.68. The van der Waals surface area contributed by atoms with Crippen molar-refractivity contribution in [2.75, 3.05) is 20.1 Å². The Morgan fingerprint density at radius 2 is 2.30 bits per heavy atom. The molecule has 0 saturated carbocycles. The van der Waals surface area contributed by atoms with Gasteiger partial charge in [-0.1, -0.05) is 6.07 Å². The highest BCUT2D eigenvalue weighted by Crippen LogP contribution is 2.36. The first kappa shape index (κ1) is 16.3. The Morgan fingerprint density at radius 3 is 2.96 bits per heavy atom. The van der Waals surface area contributed by atoms with Gasteiger partial charge in [0.1, 0.15) is 11.5 Å². The summed E-state index contributed by atoms with van der Waals surface area (Å²) < 4.78 is 5.46. The summed E-state index contributed by atoms with van der Waals surface area (Å²) in [5.74, 6) is 1.89. The van der Waals surface area contributed by atoms with Crippen LogP contribution in [0.5, 0.6) is 0 Å². The number of nitrogens with one attached hydrogen (secondary N) is 1. The first-order valence-electron chi connectivity index (χ1n) is 8.15. The lowest BCUT2D eigenvalue weighted by Crippen LogP contribution is -2.41. The Kier molecular flexibility index (Phi) is 4.87. The molecule has 2 aromatic heterocycles. The van der Waals surface area contributed by atoms with Crippen LogP contribution in [0.4, 0.5) is 0 Å². The van der Waals surface area contributed by atoms with E-state index in [1.165, 1.54) is 11.3 Å². The molecule has 3 heterocycles. The lowest BCUT2D eigenvalue weighted by atomic mass is 9.88. The van der Waals surface area contributed by atoms with E-state index < -0.39 is 0 Å². The van der Waals surface area contributed by atoms with Gasteiger partial charge >= 0.3 is 0 Å². The number of hydrogen-bond acceptors (Lipinski definition) is 4. The summed E-state index contributed by atoms with van der Waals surface area (Å²) in [6.07, 6.45) is 2.33. The fourth-order valence-electron chi connectivity index (χ4n) is 3.56. The SMILES string of the molecule is Cc1cc(C(=O)NCC2CCCN(C)C2c2cccs2)c(C)o1. The molecule has 2 unspecified atom stereocenters. The summed E-state index contributed by atoms with van der Waals surface area (Å²) in [6, 6.07) is 6.52. The molecular weight excluding hydrogens is 308 g/mol. The van der Waals surface area contributed by atoms with E-state index in [0.29, 0.717) is 29.8 Å². The predicted molar refractivity (Wildman–Crippen MR) is 92.9 cm³/mol. The fourth-order valence-corrected chi connectivity index (χ4v) is 4.54. The van der Waals surface area contributed by atoms with Crippen LogP contribution in [0.3, 0.4) is 0 Å². The highest BCUT2D eigenvalue weighted by Gasteiger charge is 2.31. The molecular formula is C18H24N2O2S. The number of nitrogens with zero attached hydrogens (tertiary/aromatic N) is 1. The van der Waals surface area contributed by atoms with Gasteiger partial charge in [0.25, 0.3) is 5.91 Å². The van der Waals surface area contributed by atoms with Crippen LogP contribution in [0.1, 0.15) is 45.6 Å². The summed E-state index contributed by atoms with van der Waals surface area (Å²) in [5.41, 5.74) is 0.652. The van der Waals surface area contributed by atoms with Gasteiger partial charge in [-0.05, 0) is 63.7 Å². The summed E-state index contributed by atoms with van der Waals surface area (Å²) in [4.78, 5) is 16.2. The van der Waals surface area contributed by atoms with E-state index in [0.717, 1.165) is 18.7 Å². The van der Waals surface area contributed by atoms with Gasteiger partial charge in [-0.3, -0.25) is 9.69 Å². The highest BCUT2D eigenvalue weighted by molar-refractivity contribution is 7.10. The molecule has 23 heavy (non-hydrogen) atoms. The first-order valence-corrected chi connectivity index (χ1v) is 9.03. The molecule has 0 aromatic carbocycles. The first-order chi connectivity index (χ1) is 11.1. The van der Waals surface area contributed by atoms with Crippen molar-refractivity contribution < 1.29 is 9.21 Å². The van der Waals surface area contributed by atoms with E-state index in [9.17, 15) is 4.79 Å². The van der Waals surface area contributed by atoms with Crippen molar-refractivity contribution >= 4 is 17.2 Å². The maximum absolute atomic E-state index is 12.4. The van der Waals surface area contributed by atoms with Crippen molar-refractivity contribution in [3.8, 4) is 0 Å². The van der Waals surface area contributed by atoms with Crippen LogP contribution < -0.4 is 5.32 Å². The summed E-state index contributed by atoms with van der Waals surface area (Å²) >= 11 is 1.80. The van der Waals surface area contributed by atoms with Crippen LogP contribution in [0.15, 0.2) is 28.0 Å². The van der Waals surface area contributed by atoms with Crippen LogP contribution in [0.2, 0.25) is 0 Å². The molecule has 0 aliphatic carbocycles. The minimum absolute atomic E-state index is 0.0301. The standard InChI is InChI=1S/C18H24N2O2S/c1-12-10-15(13(2)22-12)18(21)19-11-14-6-4-8-20(3)17(14)16-7-5-9-23-16/h5,7,9-10,14,17H,4,6,8,11H2,1-3H3,(H,19,21). The molecule has 3 rings (SSSR count). The highest BCUT2D eigenvalue weighted by atomic mass is 32.1. The number of thiophene rings is 1. The van der Waals surface area contributed by atoms with Crippen LogP contribution in [-0.4, -0.2) is 30.9 Å². The number of likely N-dealkylation sites (tertiary alicyclic amines) is 1. The molecule has 1 amide bonds. The largest absolute Gasteiger partial charge is 0.466 e. The van der Waals surface area contributed by atoms with Gasteiger partial charge in [0.05, 0.1) is 5.56 Å². The zero-order chi connectivity index (χ0) is 16.4. The molecule has 1 aliphatic rings. The smallest absolute Gasteiger partial charge is 0.254 e. The second-order valence-corrected chi connectivity index (χ2v) is 7.36. The van der Waals surface area contributed by atoms with Crippen molar-refractivity contribution in [1.29, 1.82) is 0 Å². The molecule has 4 nitrogen and oxygen atoms in total. The maximum Gasteiger partial charge on any atom is 0.254 e. The van der Waals surface area contributed by atoms with Gasteiger partial charge in [-0.15, -0.1) is 11.3 Å². The maximum atomic E-state index is 12.4. The number of furan rings is 1. The van der Waals surface area contributed by atoms with Crippen LogP contribution in [0.25, 0.3) is 0 Å². The van der Waals surface area contributed by atoms with Crippen molar-refractivity contribution in [2.45, 2.75) is 32.7 Å². The molecule has 1 fully saturated rings. The van der Waals surface area contributed by atoms with E-state index in [1.54, 1.807) is 11.3 Å². The number of hydrogen-bond donors (Lipinski definition) is 1. The number of piperidine rings is 1. The molecule has 0 spiro atoms. The van der Waals surface area contributed by atoms with Crippen molar-refractivity contribution in [3.05, 3.63) is 45.5 Å². The lowest BCUT2D eigenvalue weighted by Gasteiger charge is -2.38. The lowest BCUT2D eigenvalue weighted by molar-refractivity contribution is 0.0894. The van der Waals surface area contributed by atoms with Crippen molar-refractivity contribution in [2.24, 2.45) is 5.92 Å². The molecule has 1 N–H and O–H groups in total. The third-order valence-electron chi connectivity index (χ3n) is 4.65. The Bertz CT molecular complexity index is 663. The number of rotatable bonds is 4. The Hall–Kier alpha value is -1.59. The third-order valence-corrected chi connectivity index (χ3v) is 5.60. The van der Waals surface area contributed by atoms with Gasteiger partial charge < -0.3 is 9.73 Å². The topological polar surface area (TPSA) is 45.5 Å². The normalized spacial score (nSPS) is 22.2. The van der Waals surface area contributed by atoms with E-state index in [2.05, 4.69) is 34.8 Å². The minimum Gasteiger partial charge on any atom is -0.466 e. The second kappa shape index (κ2) is 6.89. The zero-order valence-electron chi connectivity index (χ0n) is 14.0. The van der Waals surface area contributed by atoms with Gasteiger partial charge in [0.2, 0.25) is 0 Å². The number of carbonyl (C=O) groups excluding carboxylic acids is 1. The molecule has 2 atom stereocenters. The fraction of sp³-hybridized carbons (Fsp3) is 0.500. The van der Waals surface area contributed by atoms with Crippen LogP contribution in [0, 0.1) is 19.8 Å². The molecule has 124 valence electrons. The Morgan fingerprint density at radius 1 is 1.48 bits per heavy atom. The average Bonchev–Trinajstić information content (AvgIpc) is 3.14. The molecule has 1 saturated heterocycles. The van der Waals surface area contributed by atoms with Crippen LogP contribution >= 0.6 is 11.3 Å². The van der Waals surface area contributed by atoms with Crippen LogP contribution in [-0.2, 0) is 0 Å². The summed E-state index contributed by atoms with van der Waals surface area (Å²) in [6.45, 7) is 5.53. The van der Waals surface area contributed by atoms with Gasteiger partial charge in [0.15, 0.2) is 0 Å². The number of aryl methyl sites for hydroxylation is 2. The average molecular weight is 332 g/mol. The predicted octanol–water partition coefficient (Wildman–Crippen LogP) is 3.77. The molecule has 1 aliphatic heterocycles. The Labute approximate surface area is 141 Å².